The maximum Gasteiger partial charge on any atom is 0.269 e. The largest absolute Gasteiger partial charge is 0.391 e. The lowest BCUT2D eigenvalue weighted by atomic mass is 9.97. The van der Waals surface area contributed by atoms with E-state index < -0.39 is 27.1 Å². The van der Waals surface area contributed by atoms with Crippen molar-refractivity contribution in [2.24, 2.45) is 11.7 Å². The monoisotopic (exact) mass is 421 g/mol. The highest BCUT2D eigenvalue weighted by Crippen LogP contribution is 2.24. The molecule has 0 radical (unpaired) electrons. The molecule has 0 heterocycles. The molecule has 0 unspecified atom stereocenters. The highest BCUT2D eigenvalue weighted by atomic mass is 32.2. The Balaban J connectivity index is 2.28. The predicted octanol–water partition coefficient (Wildman–Crippen LogP) is 2.00. The van der Waals surface area contributed by atoms with Gasteiger partial charge in [0, 0.05) is 31.1 Å². The van der Waals surface area contributed by atoms with Crippen LogP contribution in [0.2, 0.25) is 0 Å². The van der Waals surface area contributed by atoms with Gasteiger partial charge in [0.1, 0.15) is 0 Å². The zero-order valence-corrected chi connectivity index (χ0v) is 17.3. The molecule has 0 saturated carbocycles. The normalized spacial score (nSPS) is 14.0. The molecule has 0 bridgehead atoms. The first-order valence-electron chi connectivity index (χ1n) is 9.34. The molecule has 0 amide bonds. The Labute approximate surface area is 171 Å². The molecule has 0 aromatic heterocycles. The summed E-state index contributed by atoms with van der Waals surface area (Å²) in [5, 5.41) is 21.7. The van der Waals surface area contributed by atoms with Crippen molar-refractivity contribution >= 4 is 15.7 Å². The van der Waals surface area contributed by atoms with Gasteiger partial charge in [0.15, 0.2) is 0 Å². The molecule has 8 nitrogen and oxygen atoms in total. The molecule has 0 saturated heterocycles. The highest BCUT2D eigenvalue weighted by molar-refractivity contribution is 7.89. The van der Waals surface area contributed by atoms with Crippen LogP contribution in [0, 0.1) is 16.0 Å². The lowest BCUT2D eigenvalue weighted by molar-refractivity contribution is -0.385. The number of nitro benzene ring substituents is 1. The Morgan fingerprint density at radius 3 is 2.38 bits per heavy atom. The Hall–Kier alpha value is -2.33. The Morgan fingerprint density at radius 2 is 1.79 bits per heavy atom. The Morgan fingerprint density at radius 1 is 1.14 bits per heavy atom. The van der Waals surface area contributed by atoms with E-state index in [1.165, 1.54) is 12.1 Å². The van der Waals surface area contributed by atoms with E-state index in [2.05, 4.69) is 4.72 Å². The molecule has 158 valence electrons. The minimum Gasteiger partial charge on any atom is -0.391 e. The van der Waals surface area contributed by atoms with Gasteiger partial charge in [-0.3, -0.25) is 10.1 Å². The zero-order chi connectivity index (χ0) is 21.6. The van der Waals surface area contributed by atoms with Gasteiger partial charge >= 0.3 is 0 Å². The molecule has 9 heteroatoms. The molecule has 2 aromatic rings. The van der Waals surface area contributed by atoms with Crippen molar-refractivity contribution in [1.29, 1.82) is 0 Å². The van der Waals surface area contributed by atoms with Crippen LogP contribution in [-0.2, 0) is 22.9 Å². The van der Waals surface area contributed by atoms with E-state index in [1.54, 1.807) is 0 Å². The van der Waals surface area contributed by atoms with E-state index in [1.807, 2.05) is 44.2 Å². The van der Waals surface area contributed by atoms with Gasteiger partial charge in [-0.05, 0) is 29.5 Å². The number of non-ortho nitro benzene ring substituents is 1. The topological polar surface area (TPSA) is 136 Å². The summed E-state index contributed by atoms with van der Waals surface area (Å²) in [4.78, 5) is 10.5. The first-order valence-corrected chi connectivity index (χ1v) is 10.8. The molecular formula is C20H27N3O5S. The van der Waals surface area contributed by atoms with Crippen molar-refractivity contribution in [3.8, 4) is 0 Å². The summed E-state index contributed by atoms with van der Waals surface area (Å²) in [6.45, 7) is 3.96. The number of nitrogens with two attached hydrogens (primary N) is 1. The third-order valence-electron chi connectivity index (χ3n) is 4.46. The molecular weight excluding hydrogens is 394 g/mol. The average molecular weight is 422 g/mol. The van der Waals surface area contributed by atoms with E-state index in [0.29, 0.717) is 6.42 Å². The molecule has 2 rings (SSSR count). The predicted molar refractivity (Wildman–Crippen MR) is 111 cm³/mol. The molecule has 2 aromatic carbocycles. The third-order valence-corrected chi connectivity index (χ3v) is 5.99. The summed E-state index contributed by atoms with van der Waals surface area (Å²) in [6.07, 6.45) is -0.797. The number of sulfonamides is 1. The van der Waals surface area contributed by atoms with Gasteiger partial charge in [0.05, 0.1) is 15.9 Å². The fourth-order valence-electron chi connectivity index (χ4n) is 2.85. The first-order chi connectivity index (χ1) is 13.6. The summed E-state index contributed by atoms with van der Waals surface area (Å²) in [5.74, 6) is 0.0937. The molecule has 2 atom stereocenters. The lowest BCUT2D eigenvalue weighted by Crippen LogP contribution is -2.38. The van der Waals surface area contributed by atoms with Crippen LogP contribution in [0.1, 0.15) is 25.0 Å². The van der Waals surface area contributed by atoms with Crippen LogP contribution in [0.5, 0.6) is 0 Å². The minimum absolute atomic E-state index is 0.0882. The van der Waals surface area contributed by atoms with E-state index in [0.717, 1.165) is 11.6 Å². The van der Waals surface area contributed by atoms with Crippen molar-refractivity contribution in [2.75, 3.05) is 6.54 Å². The summed E-state index contributed by atoms with van der Waals surface area (Å²) in [5.41, 5.74) is 6.95. The molecule has 0 aliphatic heterocycles. The summed E-state index contributed by atoms with van der Waals surface area (Å²) in [7, 11) is -3.88. The number of hydrogen-bond donors (Lipinski definition) is 3. The number of benzene rings is 2. The molecule has 29 heavy (non-hydrogen) atoms. The number of hydrogen-bond acceptors (Lipinski definition) is 6. The molecule has 0 aliphatic carbocycles. The second kappa shape index (κ2) is 9.93. The van der Waals surface area contributed by atoms with Crippen LogP contribution in [0.4, 0.5) is 5.69 Å². The van der Waals surface area contributed by atoms with Gasteiger partial charge in [-0.25, -0.2) is 13.1 Å². The number of aliphatic hydroxyl groups is 1. The molecule has 0 spiro atoms. The SMILES string of the molecule is CC(C)CNS(=O)(=O)c1ccc([N+](=O)[O-])cc1C[C@@H](O)[C@@H](N)Cc1ccccc1. The second-order valence-electron chi connectivity index (χ2n) is 7.42. The number of nitro groups is 1. The maximum atomic E-state index is 12.7. The van der Waals surface area contributed by atoms with Crippen molar-refractivity contribution < 1.29 is 18.4 Å². The van der Waals surface area contributed by atoms with E-state index in [-0.39, 0.29) is 35.0 Å². The quantitative estimate of drug-likeness (QED) is 0.397. The van der Waals surface area contributed by atoms with Crippen molar-refractivity contribution in [3.63, 3.8) is 0 Å². The van der Waals surface area contributed by atoms with Gasteiger partial charge in [-0.2, -0.15) is 0 Å². The third kappa shape index (κ3) is 6.60. The van der Waals surface area contributed by atoms with Gasteiger partial charge in [-0.15, -0.1) is 0 Å². The fraction of sp³-hybridized carbons (Fsp3) is 0.400. The van der Waals surface area contributed by atoms with E-state index in [9.17, 15) is 23.6 Å². The first kappa shape index (κ1) is 23.0. The minimum atomic E-state index is -3.88. The highest BCUT2D eigenvalue weighted by Gasteiger charge is 2.25. The molecule has 0 aliphatic rings. The Bertz CT molecular complexity index is 932. The van der Waals surface area contributed by atoms with Crippen LogP contribution in [0.25, 0.3) is 0 Å². The average Bonchev–Trinajstić information content (AvgIpc) is 2.67. The molecule has 0 fully saturated rings. The fourth-order valence-corrected chi connectivity index (χ4v) is 4.30. The number of aliphatic hydroxyl groups excluding tert-OH is 1. The summed E-state index contributed by atoms with van der Waals surface area (Å²) in [6, 6.07) is 12.2. The van der Waals surface area contributed by atoms with Gasteiger partial charge in [0.2, 0.25) is 10.0 Å². The maximum absolute atomic E-state index is 12.7. The number of nitrogens with zero attached hydrogens (tertiary/aromatic N) is 1. The lowest BCUT2D eigenvalue weighted by Gasteiger charge is -2.20. The van der Waals surface area contributed by atoms with Gasteiger partial charge in [-0.1, -0.05) is 44.2 Å². The van der Waals surface area contributed by atoms with Crippen molar-refractivity contribution in [1.82, 2.24) is 4.72 Å². The van der Waals surface area contributed by atoms with Crippen molar-refractivity contribution in [2.45, 2.75) is 43.7 Å². The van der Waals surface area contributed by atoms with Crippen LogP contribution in [-0.4, -0.2) is 37.1 Å². The van der Waals surface area contributed by atoms with E-state index in [4.69, 9.17) is 5.73 Å². The Kier molecular flexibility index (Phi) is 7.86. The van der Waals surface area contributed by atoms with Crippen molar-refractivity contribution in [3.05, 3.63) is 69.8 Å². The van der Waals surface area contributed by atoms with Gasteiger partial charge in [0.25, 0.3) is 5.69 Å². The smallest absolute Gasteiger partial charge is 0.269 e. The van der Waals surface area contributed by atoms with Crippen LogP contribution in [0.3, 0.4) is 0 Å². The summed E-state index contributed by atoms with van der Waals surface area (Å²) < 4.78 is 27.9. The molecule has 4 N–H and O–H groups in total. The zero-order valence-electron chi connectivity index (χ0n) is 16.5. The second-order valence-corrected chi connectivity index (χ2v) is 9.16. The van der Waals surface area contributed by atoms with Crippen LogP contribution < -0.4 is 10.5 Å². The van der Waals surface area contributed by atoms with Gasteiger partial charge < -0.3 is 10.8 Å². The number of rotatable bonds is 10. The standard InChI is InChI=1S/C20H27N3O5S/c1-14(2)13-22-29(27,28)20-9-8-17(23(25)26)11-16(20)12-19(24)18(21)10-15-6-4-3-5-7-15/h3-9,11,14,18-19,22,24H,10,12-13,21H2,1-2H3/t18-,19+/m0/s1. The van der Waals surface area contributed by atoms with E-state index >= 15 is 0 Å². The van der Waals surface area contributed by atoms with Crippen LogP contribution in [0.15, 0.2) is 53.4 Å². The van der Waals surface area contributed by atoms with Crippen LogP contribution >= 0.6 is 0 Å². The number of nitrogens with one attached hydrogen (secondary N) is 1. The summed E-state index contributed by atoms with van der Waals surface area (Å²) >= 11 is 0.